The molecule has 94 valence electrons. The fraction of sp³-hybridized carbons (Fsp3) is 0.909. The van der Waals surface area contributed by atoms with Gasteiger partial charge in [-0.15, -0.1) is 0 Å². The molecule has 0 aliphatic carbocycles. The van der Waals surface area contributed by atoms with Gasteiger partial charge in [0.05, 0.1) is 6.61 Å². The number of nitrogens with zero attached hydrogens (tertiary/aromatic N) is 1. The summed E-state index contributed by atoms with van der Waals surface area (Å²) in [6, 6.07) is 0.666. The molecule has 0 spiro atoms. The molecule has 1 heterocycles. The third-order valence-electron chi connectivity index (χ3n) is 2.75. The van der Waals surface area contributed by atoms with Gasteiger partial charge in [-0.25, -0.2) is 4.79 Å². The van der Waals surface area contributed by atoms with Crippen molar-refractivity contribution in [1.29, 1.82) is 0 Å². The third kappa shape index (κ3) is 4.37. The first-order valence-electron chi connectivity index (χ1n) is 6.04. The van der Waals surface area contributed by atoms with Gasteiger partial charge >= 0.3 is 6.09 Å². The van der Waals surface area contributed by atoms with Crippen LogP contribution in [0.15, 0.2) is 0 Å². The van der Waals surface area contributed by atoms with Crippen LogP contribution in [0.25, 0.3) is 0 Å². The summed E-state index contributed by atoms with van der Waals surface area (Å²) >= 11 is 0. The molecule has 1 unspecified atom stereocenters. The molecule has 0 radical (unpaired) electrons. The Labute approximate surface area is 97.3 Å². The smallest absolute Gasteiger partial charge is 0.409 e. The second-order valence-electron chi connectivity index (χ2n) is 4.35. The number of likely N-dealkylation sites (tertiary alicyclic amines) is 1. The van der Waals surface area contributed by atoms with E-state index in [4.69, 9.17) is 10.5 Å². The molecule has 1 atom stereocenters. The number of ether oxygens (including phenoxy) is 1. The molecular weight excluding hydrogens is 206 g/mol. The molecule has 0 aromatic carbocycles. The highest BCUT2D eigenvalue weighted by Gasteiger charge is 2.23. The second kappa shape index (κ2) is 6.70. The van der Waals surface area contributed by atoms with Crippen LogP contribution >= 0.6 is 0 Å². The van der Waals surface area contributed by atoms with E-state index in [9.17, 15) is 4.79 Å². The Kier molecular flexibility index (Phi) is 5.55. The van der Waals surface area contributed by atoms with E-state index in [1.807, 2.05) is 13.8 Å². The lowest BCUT2D eigenvalue weighted by molar-refractivity contribution is 0.0950. The molecule has 0 saturated carbocycles. The summed E-state index contributed by atoms with van der Waals surface area (Å²) < 4.78 is 4.96. The Morgan fingerprint density at radius 3 is 2.69 bits per heavy atom. The number of rotatable bonds is 4. The summed E-state index contributed by atoms with van der Waals surface area (Å²) in [5.41, 5.74) is 5.68. The van der Waals surface area contributed by atoms with Crippen LogP contribution in [-0.4, -0.2) is 49.3 Å². The summed E-state index contributed by atoms with van der Waals surface area (Å²) in [5, 5.41) is 3.41. The van der Waals surface area contributed by atoms with E-state index in [2.05, 4.69) is 5.32 Å². The predicted octanol–water partition coefficient (Wildman–Crippen LogP) is 0.544. The quantitative estimate of drug-likeness (QED) is 0.738. The van der Waals surface area contributed by atoms with Crippen molar-refractivity contribution in [1.82, 2.24) is 10.2 Å². The molecule has 1 fully saturated rings. The van der Waals surface area contributed by atoms with Crippen molar-refractivity contribution in [2.45, 2.75) is 38.8 Å². The molecule has 1 aliphatic rings. The van der Waals surface area contributed by atoms with Crippen LogP contribution in [0, 0.1) is 0 Å². The first-order chi connectivity index (χ1) is 7.63. The summed E-state index contributed by atoms with van der Waals surface area (Å²) in [7, 11) is 0. The van der Waals surface area contributed by atoms with E-state index in [-0.39, 0.29) is 12.1 Å². The first kappa shape index (κ1) is 13.3. The minimum atomic E-state index is -0.187. The van der Waals surface area contributed by atoms with Gasteiger partial charge < -0.3 is 20.7 Å². The Balaban J connectivity index is 2.20. The molecule has 1 amide bonds. The molecule has 1 aliphatic heterocycles. The second-order valence-corrected chi connectivity index (χ2v) is 4.35. The van der Waals surface area contributed by atoms with Crippen molar-refractivity contribution in [2.24, 2.45) is 5.73 Å². The highest BCUT2D eigenvalue weighted by molar-refractivity contribution is 5.67. The number of carbonyl (C=O) groups is 1. The predicted molar refractivity (Wildman–Crippen MR) is 63.3 cm³/mol. The summed E-state index contributed by atoms with van der Waals surface area (Å²) in [4.78, 5) is 13.2. The lowest BCUT2D eigenvalue weighted by Gasteiger charge is -2.32. The highest BCUT2D eigenvalue weighted by Crippen LogP contribution is 2.11. The van der Waals surface area contributed by atoms with E-state index < -0.39 is 0 Å². The van der Waals surface area contributed by atoms with E-state index in [0.29, 0.717) is 12.6 Å². The first-order valence-corrected chi connectivity index (χ1v) is 6.04. The van der Waals surface area contributed by atoms with Gasteiger partial charge in [-0.2, -0.15) is 0 Å². The van der Waals surface area contributed by atoms with E-state index in [1.165, 1.54) is 0 Å². The number of nitrogens with one attached hydrogen (secondary N) is 1. The van der Waals surface area contributed by atoms with Gasteiger partial charge in [0.15, 0.2) is 0 Å². The molecule has 1 rings (SSSR count). The molecule has 0 bridgehead atoms. The van der Waals surface area contributed by atoms with Crippen molar-refractivity contribution in [3.05, 3.63) is 0 Å². The zero-order valence-electron chi connectivity index (χ0n) is 10.2. The third-order valence-corrected chi connectivity index (χ3v) is 2.75. The van der Waals surface area contributed by atoms with Crippen molar-refractivity contribution < 1.29 is 9.53 Å². The summed E-state index contributed by atoms with van der Waals surface area (Å²) in [6.45, 7) is 6.65. The van der Waals surface area contributed by atoms with Crippen molar-refractivity contribution in [3.63, 3.8) is 0 Å². The average Bonchev–Trinajstić information content (AvgIpc) is 2.27. The van der Waals surface area contributed by atoms with Gasteiger partial charge in [-0.1, -0.05) is 0 Å². The summed E-state index contributed by atoms with van der Waals surface area (Å²) in [6.07, 6.45) is 1.77. The molecule has 5 heteroatoms. The normalized spacial score (nSPS) is 19.6. The van der Waals surface area contributed by atoms with E-state index in [0.717, 1.165) is 32.5 Å². The van der Waals surface area contributed by atoms with Crippen molar-refractivity contribution in [3.8, 4) is 0 Å². The van der Waals surface area contributed by atoms with Gasteiger partial charge in [0.25, 0.3) is 0 Å². The maximum absolute atomic E-state index is 11.4. The number of hydrogen-bond acceptors (Lipinski definition) is 4. The van der Waals surface area contributed by atoms with Crippen LogP contribution in [0.3, 0.4) is 0 Å². The number of carbonyl (C=O) groups excluding carboxylic acids is 1. The lowest BCUT2D eigenvalue weighted by atomic mass is 10.1. The number of amides is 1. The highest BCUT2D eigenvalue weighted by atomic mass is 16.6. The van der Waals surface area contributed by atoms with E-state index >= 15 is 0 Å². The maximum atomic E-state index is 11.4. The topological polar surface area (TPSA) is 67.6 Å². The SMILES string of the molecule is CCOC(=O)N1CCC(NCC(C)N)CC1. The molecule has 16 heavy (non-hydrogen) atoms. The Bertz CT molecular complexity index is 213. The van der Waals surface area contributed by atoms with Crippen LogP contribution in [0.5, 0.6) is 0 Å². The maximum Gasteiger partial charge on any atom is 0.409 e. The molecular formula is C11H23N3O2. The Morgan fingerprint density at radius 2 is 2.19 bits per heavy atom. The molecule has 0 aromatic heterocycles. The van der Waals surface area contributed by atoms with Crippen LogP contribution in [0.1, 0.15) is 26.7 Å². The van der Waals surface area contributed by atoms with Crippen LogP contribution in [0.2, 0.25) is 0 Å². The van der Waals surface area contributed by atoms with Gasteiger partial charge in [0.1, 0.15) is 0 Å². The Hall–Kier alpha value is -0.810. The zero-order chi connectivity index (χ0) is 12.0. The van der Waals surface area contributed by atoms with Crippen molar-refractivity contribution >= 4 is 6.09 Å². The zero-order valence-corrected chi connectivity index (χ0v) is 10.2. The largest absolute Gasteiger partial charge is 0.450 e. The number of hydrogen-bond donors (Lipinski definition) is 2. The van der Waals surface area contributed by atoms with Crippen molar-refractivity contribution in [2.75, 3.05) is 26.2 Å². The minimum Gasteiger partial charge on any atom is -0.450 e. The molecule has 5 nitrogen and oxygen atoms in total. The standard InChI is InChI=1S/C11H23N3O2/c1-3-16-11(15)14-6-4-10(5-7-14)13-8-9(2)12/h9-10,13H,3-8,12H2,1-2H3. The van der Waals surface area contributed by atoms with Crippen LogP contribution in [0.4, 0.5) is 4.79 Å². The Morgan fingerprint density at radius 1 is 1.56 bits per heavy atom. The van der Waals surface area contributed by atoms with Gasteiger partial charge in [0.2, 0.25) is 0 Å². The summed E-state index contributed by atoms with van der Waals surface area (Å²) in [5.74, 6) is 0. The van der Waals surface area contributed by atoms with Gasteiger partial charge in [-0.05, 0) is 26.7 Å². The van der Waals surface area contributed by atoms with Crippen LogP contribution < -0.4 is 11.1 Å². The molecule has 0 aromatic rings. The fourth-order valence-corrected chi connectivity index (χ4v) is 1.83. The molecule has 3 N–H and O–H groups in total. The van der Waals surface area contributed by atoms with E-state index in [1.54, 1.807) is 4.90 Å². The number of nitrogens with two attached hydrogens (primary N) is 1. The minimum absolute atomic E-state index is 0.183. The van der Waals surface area contributed by atoms with Gasteiger partial charge in [-0.3, -0.25) is 0 Å². The lowest BCUT2D eigenvalue weighted by Crippen LogP contribution is -2.47. The monoisotopic (exact) mass is 229 g/mol. The fourth-order valence-electron chi connectivity index (χ4n) is 1.83. The molecule has 1 saturated heterocycles. The van der Waals surface area contributed by atoms with Crippen LogP contribution in [-0.2, 0) is 4.74 Å². The van der Waals surface area contributed by atoms with Gasteiger partial charge in [0, 0.05) is 31.7 Å². The number of piperidine rings is 1. The average molecular weight is 229 g/mol.